The molecule has 0 amide bonds. The predicted molar refractivity (Wildman–Crippen MR) is 90.6 cm³/mol. The zero-order valence-electron chi connectivity index (χ0n) is 14.2. The topological polar surface area (TPSA) is 15.7 Å². The van der Waals surface area contributed by atoms with E-state index in [0.29, 0.717) is 12.0 Å². The van der Waals surface area contributed by atoms with Crippen LogP contribution in [0.5, 0.6) is 5.75 Å². The number of piperazine rings is 1. The van der Waals surface area contributed by atoms with Crippen LogP contribution in [0.25, 0.3) is 0 Å². The lowest BCUT2D eigenvalue weighted by Gasteiger charge is -2.41. The van der Waals surface area contributed by atoms with Gasteiger partial charge in [0.25, 0.3) is 0 Å². The molecule has 0 spiro atoms. The molecule has 1 saturated heterocycles. The number of methoxy groups -OCH3 is 1. The highest BCUT2D eigenvalue weighted by Crippen LogP contribution is 2.31. The summed E-state index contributed by atoms with van der Waals surface area (Å²) in [6, 6.07) is 7.30. The molecule has 0 unspecified atom stereocenters. The van der Waals surface area contributed by atoms with Crippen molar-refractivity contribution < 1.29 is 4.74 Å². The van der Waals surface area contributed by atoms with Crippen LogP contribution in [0.4, 0.5) is 5.69 Å². The average molecular weight is 290 g/mol. The Bertz CT molecular complexity index is 459. The summed E-state index contributed by atoms with van der Waals surface area (Å²) in [6.45, 7) is 13.6. The maximum atomic E-state index is 5.59. The lowest BCUT2D eigenvalue weighted by molar-refractivity contribution is 0.190. The third-order valence-corrected chi connectivity index (χ3v) is 4.48. The Morgan fingerprint density at radius 1 is 1.29 bits per heavy atom. The van der Waals surface area contributed by atoms with E-state index in [-0.39, 0.29) is 0 Å². The standard InChI is InChI=1S/C18H30N2O/c1-6-9-19-10-11-20(13-15(19)4)16-7-8-17(14(2)3)18(12-16)21-5/h7-8,12,14-15H,6,9-11,13H2,1-5H3/t15-/m0/s1. The van der Waals surface area contributed by atoms with E-state index in [2.05, 4.69) is 55.7 Å². The number of anilines is 1. The Kier molecular flexibility index (Phi) is 5.51. The van der Waals surface area contributed by atoms with Gasteiger partial charge in [-0.3, -0.25) is 4.90 Å². The minimum absolute atomic E-state index is 0.495. The van der Waals surface area contributed by atoms with Crippen LogP contribution in [0.15, 0.2) is 18.2 Å². The molecule has 0 bridgehead atoms. The molecule has 21 heavy (non-hydrogen) atoms. The molecule has 1 aromatic rings. The number of ether oxygens (including phenoxy) is 1. The fourth-order valence-electron chi connectivity index (χ4n) is 3.22. The maximum absolute atomic E-state index is 5.59. The summed E-state index contributed by atoms with van der Waals surface area (Å²) in [5.74, 6) is 1.51. The third-order valence-electron chi connectivity index (χ3n) is 4.48. The van der Waals surface area contributed by atoms with Gasteiger partial charge in [0, 0.05) is 37.4 Å². The van der Waals surface area contributed by atoms with E-state index in [1.54, 1.807) is 7.11 Å². The molecule has 2 rings (SSSR count). The van der Waals surface area contributed by atoms with Gasteiger partial charge >= 0.3 is 0 Å². The van der Waals surface area contributed by atoms with Gasteiger partial charge in [0.15, 0.2) is 0 Å². The second kappa shape index (κ2) is 7.17. The van der Waals surface area contributed by atoms with E-state index < -0.39 is 0 Å². The molecule has 0 radical (unpaired) electrons. The van der Waals surface area contributed by atoms with Crippen molar-refractivity contribution in [3.63, 3.8) is 0 Å². The normalized spacial score (nSPS) is 20.1. The second-order valence-electron chi connectivity index (χ2n) is 6.41. The van der Waals surface area contributed by atoms with Crippen LogP contribution >= 0.6 is 0 Å². The van der Waals surface area contributed by atoms with Crippen molar-refractivity contribution in [2.24, 2.45) is 0 Å². The Hall–Kier alpha value is -1.22. The largest absolute Gasteiger partial charge is 0.496 e. The highest BCUT2D eigenvalue weighted by Gasteiger charge is 2.23. The second-order valence-corrected chi connectivity index (χ2v) is 6.41. The molecule has 1 atom stereocenters. The Labute approximate surface area is 129 Å². The monoisotopic (exact) mass is 290 g/mol. The van der Waals surface area contributed by atoms with Crippen molar-refractivity contribution in [1.82, 2.24) is 4.90 Å². The van der Waals surface area contributed by atoms with Gasteiger partial charge in [-0.15, -0.1) is 0 Å². The molecule has 0 aromatic heterocycles. The van der Waals surface area contributed by atoms with Crippen molar-refractivity contribution in [2.45, 2.75) is 46.1 Å². The van der Waals surface area contributed by atoms with E-state index in [0.717, 1.165) is 25.4 Å². The first-order valence-corrected chi connectivity index (χ1v) is 8.23. The van der Waals surface area contributed by atoms with Crippen LogP contribution in [-0.2, 0) is 0 Å². The smallest absolute Gasteiger partial charge is 0.124 e. The van der Waals surface area contributed by atoms with Gasteiger partial charge in [-0.2, -0.15) is 0 Å². The summed E-state index contributed by atoms with van der Waals surface area (Å²) in [7, 11) is 1.77. The number of rotatable bonds is 5. The van der Waals surface area contributed by atoms with Crippen LogP contribution < -0.4 is 9.64 Å². The first-order chi connectivity index (χ1) is 10.1. The zero-order chi connectivity index (χ0) is 15.4. The Balaban J connectivity index is 2.12. The summed E-state index contributed by atoms with van der Waals surface area (Å²) in [5.41, 5.74) is 2.58. The summed E-state index contributed by atoms with van der Waals surface area (Å²) in [5, 5.41) is 0. The van der Waals surface area contributed by atoms with Crippen molar-refractivity contribution in [2.75, 3.05) is 38.2 Å². The molecule has 1 aliphatic rings. The summed E-state index contributed by atoms with van der Waals surface area (Å²) < 4.78 is 5.59. The van der Waals surface area contributed by atoms with Gasteiger partial charge in [0.05, 0.1) is 7.11 Å². The van der Waals surface area contributed by atoms with E-state index >= 15 is 0 Å². The van der Waals surface area contributed by atoms with Gasteiger partial charge in [-0.1, -0.05) is 26.8 Å². The summed E-state index contributed by atoms with van der Waals surface area (Å²) in [4.78, 5) is 5.08. The molecule has 0 aliphatic carbocycles. The van der Waals surface area contributed by atoms with Crippen LogP contribution in [0.1, 0.15) is 45.6 Å². The maximum Gasteiger partial charge on any atom is 0.124 e. The van der Waals surface area contributed by atoms with Gasteiger partial charge in [0.2, 0.25) is 0 Å². The first-order valence-electron chi connectivity index (χ1n) is 8.23. The molecule has 0 saturated carbocycles. The van der Waals surface area contributed by atoms with Gasteiger partial charge in [-0.05, 0) is 37.4 Å². The molecule has 118 valence electrons. The quantitative estimate of drug-likeness (QED) is 0.821. The van der Waals surface area contributed by atoms with Gasteiger partial charge in [0.1, 0.15) is 5.75 Å². The minimum atomic E-state index is 0.495. The summed E-state index contributed by atoms with van der Waals surface area (Å²) in [6.07, 6.45) is 1.24. The molecular weight excluding hydrogens is 260 g/mol. The number of hydrogen-bond donors (Lipinski definition) is 0. The first kappa shape index (κ1) is 16.2. The molecule has 0 N–H and O–H groups in total. The fraction of sp³-hybridized carbons (Fsp3) is 0.667. The van der Waals surface area contributed by atoms with Gasteiger partial charge < -0.3 is 9.64 Å². The Morgan fingerprint density at radius 3 is 2.62 bits per heavy atom. The molecule has 1 fully saturated rings. The highest BCUT2D eigenvalue weighted by atomic mass is 16.5. The van der Waals surface area contributed by atoms with Crippen molar-refractivity contribution >= 4 is 5.69 Å². The fourth-order valence-corrected chi connectivity index (χ4v) is 3.22. The molecule has 1 heterocycles. The van der Waals surface area contributed by atoms with E-state index in [1.165, 1.54) is 24.2 Å². The van der Waals surface area contributed by atoms with Crippen molar-refractivity contribution in [1.29, 1.82) is 0 Å². The zero-order valence-corrected chi connectivity index (χ0v) is 14.2. The van der Waals surface area contributed by atoms with Crippen LogP contribution in [0, 0.1) is 0 Å². The Morgan fingerprint density at radius 2 is 2.05 bits per heavy atom. The lowest BCUT2D eigenvalue weighted by atomic mass is 10.0. The van der Waals surface area contributed by atoms with Crippen LogP contribution in [0.2, 0.25) is 0 Å². The van der Waals surface area contributed by atoms with E-state index in [1.807, 2.05) is 0 Å². The molecule has 1 aliphatic heterocycles. The average Bonchev–Trinajstić information content (AvgIpc) is 2.48. The third kappa shape index (κ3) is 3.70. The SMILES string of the molecule is CCCN1CCN(c2ccc(C(C)C)c(OC)c2)C[C@@H]1C. The molecule has 1 aromatic carbocycles. The number of benzene rings is 1. The van der Waals surface area contributed by atoms with E-state index in [4.69, 9.17) is 4.74 Å². The minimum Gasteiger partial charge on any atom is -0.496 e. The lowest BCUT2D eigenvalue weighted by Crippen LogP contribution is -2.52. The molecule has 3 heteroatoms. The van der Waals surface area contributed by atoms with Gasteiger partial charge in [-0.25, -0.2) is 0 Å². The summed E-state index contributed by atoms with van der Waals surface area (Å²) >= 11 is 0. The van der Waals surface area contributed by atoms with Crippen molar-refractivity contribution in [3.8, 4) is 5.75 Å². The van der Waals surface area contributed by atoms with Crippen molar-refractivity contribution in [3.05, 3.63) is 23.8 Å². The highest BCUT2D eigenvalue weighted by molar-refractivity contribution is 5.55. The number of hydrogen-bond acceptors (Lipinski definition) is 3. The molecular formula is C18H30N2O. The predicted octanol–water partition coefficient (Wildman–Crippen LogP) is 3.74. The molecule has 3 nitrogen and oxygen atoms in total. The van der Waals surface area contributed by atoms with Crippen LogP contribution in [0.3, 0.4) is 0 Å². The van der Waals surface area contributed by atoms with Crippen LogP contribution in [-0.4, -0.2) is 44.2 Å². The van der Waals surface area contributed by atoms with E-state index in [9.17, 15) is 0 Å². The number of nitrogens with zero attached hydrogens (tertiary/aromatic N) is 2.